The molecule has 3 fully saturated rings. The van der Waals surface area contributed by atoms with E-state index in [1.165, 1.54) is 12.8 Å². The molecule has 0 aliphatic carbocycles. The van der Waals surface area contributed by atoms with E-state index < -0.39 is 0 Å². The molecule has 0 bridgehead atoms. The average molecular weight is 281 g/mol. The van der Waals surface area contributed by atoms with Gasteiger partial charge in [0.15, 0.2) is 5.96 Å². The van der Waals surface area contributed by atoms with E-state index in [0.717, 1.165) is 65.0 Å². The van der Waals surface area contributed by atoms with Gasteiger partial charge in [-0.15, -0.1) is 0 Å². The third-order valence-electron chi connectivity index (χ3n) is 4.78. The van der Waals surface area contributed by atoms with E-state index in [2.05, 4.69) is 17.1 Å². The molecule has 20 heavy (non-hydrogen) atoms. The number of ether oxygens (including phenoxy) is 2. The van der Waals surface area contributed by atoms with Crippen molar-refractivity contribution >= 4 is 5.96 Å². The normalized spacial score (nSPS) is 34.4. The molecule has 0 radical (unpaired) electrons. The molecule has 1 spiro atoms. The van der Waals surface area contributed by atoms with Crippen LogP contribution in [0, 0.1) is 11.3 Å². The Kier molecular flexibility index (Phi) is 4.46. The average Bonchev–Trinajstić information content (AvgIpc) is 3.18. The van der Waals surface area contributed by atoms with Crippen molar-refractivity contribution in [2.45, 2.75) is 26.2 Å². The zero-order chi connectivity index (χ0) is 13.8. The zero-order valence-electron chi connectivity index (χ0n) is 12.6. The minimum atomic E-state index is 0.395. The van der Waals surface area contributed by atoms with Gasteiger partial charge in [-0.3, -0.25) is 4.99 Å². The molecule has 0 aromatic heterocycles. The molecule has 0 saturated carbocycles. The molecule has 0 aromatic carbocycles. The summed E-state index contributed by atoms with van der Waals surface area (Å²) in [6, 6.07) is 0. The Labute approximate surface area is 121 Å². The fraction of sp³-hybridized carbons (Fsp3) is 0.933. The first-order valence-corrected chi connectivity index (χ1v) is 8.00. The van der Waals surface area contributed by atoms with Crippen molar-refractivity contribution < 1.29 is 9.47 Å². The van der Waals surface area contributed by atoms with E-state index in [1.807, 2.05) is 0 Å². The number of hydrogen-bond donors (Lipinski definition) is 1. The summed E-state index contributed by atoms with van der Waals surface area (Å²) >= 11 is 0. The lowest BCUT2D eigenvalue weighted by molar-refractivity contribution is 0.156. The number of guanidine groups is 1. The first-order chi connectivity index (χ1) is 9.81. The molecule has 3 saturated heterocycles. The number of aliphatic imine (C=N–C) groups is 1. The number of likely N-dealkylation sites (tertiary alicyclic amines) is 1. The SMILES string of the molecule is CCNC(=NCC1CCOC1)N1CCC2(CCOC2)C1. The molecular formula is C15H27N3O2. The minimum absolute atomic E-state index is 0.395. The van der Waals surface area contributed by atoms with Crippen LogP contribution in [0.15, 0.2) is 4.99 Å². The predicted octanol–water partition coefficient (Wildman–Crippen LogP) is 1.10. The van der Waals surface area contributed by atoms with E-state index in [4.69, 9.17) is 14.5 Å². The van der Waals surface area contributed by atoms with Gasteiger partial charge >= 0.3 is 0 Å². The van der Waals surface area contributed by atoms with Gasteiger partial charge in [-0.05, 0) is 26.2 Å². The largest absolute Gasteiger partial charge is 0.381 e. The Bertz CT molecular complexity index is 347. The summed E-state index contributed by atoms with van der Waals surface area (Å²) in [5.41, 5.74) is 0.395. The Morgan fingerprint density at radius 3 is 3.00 bits per heavy atom. The molecule has 3 rings (SSSR count). The Hall–Kier alpha value is -0.810. The van der Waals surface area contributed by atoms with Crippen molar-refractivity contribution in [3.63, 3.8) is 0 Å². The molecule has 114 valence electrons. The highest BCUT2D eigenvalue weighted by Gasteiger charge is 2.42. The molecule has 3 aliphatic rings. The Balaban J connectivity index is 1.59. The molecule has 0 aromatic rings. The molecular weight excluding hydrogens is 254 g/mol. The maximum absolute atomic E-state index is 5.61. The van der Waals surface area contributed by atoms with E-state index in [-0.39, 0.29) is 0 Å². The maximum Gasteiger partial charge on any atom is 0.193 e. The summed E-state index contributed by atoms with van der Waals surface area (Å²) in [6.07, 6.45) is 3.60. The van der Waals surface area contributed by atoms with Gasteiger partial charge in [0.05, 0.1) is 13.2 Å². The van der Waals surface area contributed by atoms with Gasteiger partial charge < -0.3 is 19.7 Å². The second-order valence-corrected chi connectivity index (χ2v) is 6.40. The van der Waals surface area contributed by atoms with Crippen LogP contribution >= 0.6 is 0 Å². The Morgan fingerprint density at radius 1 is 1.35 bits per heavy atom. The fourth-order valence-corrected chi connectivity index (χ4v) is 3.46. The van der Waals surface area contributed by atoms with Crippen LogP contribution in [0.2, 0.25) is 0 Å². The van der Waals surface area contributed by atoms with Crippen molar-refractivity contribution in [1.82, 2.24) is 10.2 Å². The number of rotatable bonds is 3. The van der Waals surface area contributed by atoms with Gasteiger partial charge in [0.25, 0.3) is 0 Å². The zero-order valence-corrected chi connectivity index (χ0v) is 12.6. The van der Waals surface area contributed by atoms with Crippen LogP contribution in [0.3, 0.4) is 0 Å². The van der Waals surface area contributed by atoms with Gasteiger partial charge in [-0.25, -0.2) is 0 Å². The number of nitrogens with one attached hydrogen (secondary N) is 1. The lowest BCUT2D eigenvalue weighted by Crippen LogP contribution is -2.41. The quantitative estimate of drug-likeness (QED) is 0.621. The third kappa shape index (κ3) is 3.09. The van der Waals surface area contributed by atoms with Crippen LogP contribution in [0.5, 0.6) is 0 Å². The summed E-state index contributed by atoms with van der Waals surface area (Å²) in [5, 5.41) is 3.45. The lowest BCUT2D eigenvalue weighted by Gasteiger charge is -2.25. The van der Waals surface area contributed by atoms with Crippen LogP contribution in [0.4, 0.5) is 0 Å². The molecule has 2 unspecified atom stereocenters. The first kappa shape index (κ1) is 14.1. The second kappa shape index (κ2) is 6.31. The molecule has 5 nitrogen and oxygen atoms in total. The summed E-state index contributed by atoms with van der Waals surface area (Å²) in [7, 11) is 0. The van der Waals surface area contributed by atoms with Gasteiger partial charge in [-0.2, -0.15) is 0 Å². The van der Waals surface area contributed by atoms with Gasteiger partial charge in [0.1, 0.15) is 0 Å². The van der Waals surface area contributed by atoms with Crippen LogP contribution in [-0.4, -0.2) is 63.5 Å². The molecule has 2 atom stereocenters. The monoisotopic (exact) mass is 281 g/mol. The first-order valence-electron chi connectivity index (χ1n) is 8.00. The van der Waals surface area contributed by atoms with Gasteiger partial charge in [-0.1, -0.05) is 0 Å². The third-order valence-corrected chi connectivity index (χ3v) is 4.78. The summed E-state index contributed by atoms with van der Waals surface area (Å²) in [5.74, 6) is 1.69. The van der Waals surface area contributed by atoms with E-state index in [9.17, 15) is 0 Å². The van der Waals surface area contributed by atoms with Crippen molar-refractivity contribution in [3.8, 4) is 0 Å². The molecule has 3 heterocycles. The minimum Gasteiger partial charge on any atom is -0.381 e. The summed E-state index contributed by atoms with van der Waals surface area (Å²) in [4.78, 5) is 7.27. The highest BCUT2D eigenvalue weighted by Crippen LogP contribution is 2.38. The second-order valence-electron chi connectivity index (χ2n) is 6.40. The van der Waals surface area contributed by atoms with E-state index in [0.29, 0.717) is 11.3 Å². The Morgan fingerprint density at radius 2 is 2.30 bits per heavy atom. The van der Waals surface area contributed by atoms with Crippen LogP contribution in [-0.2, 0) is 9.47 Å². The molecule has 3 aliphatic heterocycles. The predicted molar refractivity (Wildman–Crippen MR) is 79.0 cm³/mol. The van der Waals surface area contributed by atoms with Crippen LogP contribution in [0.1, 0.15) is 26.2 Å². The van der Waals surface area contributed by atoms with Crippen LogP contribution < -0.4 is 5.32 Å². The van der Waals surface area contributed by atoms with Crippen molar-refractivity contribution in [3.05, 3.63) is 0 Å². The van der Waals surface area contributed by atoms with E-state index in [1.54, 1.807) is 0 Å². The lowest BCUT2D eigenvalue weighted by atomic mass is 9.87. The van der Waals surface area contributed by atoms with Crippen molar-refractivity contribution in [1.29, 1.82) is 0 Å². The molecule has 0 amide bonds. The smallest absolute Gasteiger partial charge is 0.193 e. The fourth-order valence-electron chi connectivity index (χ4n) is 3.46. The maximum atomic E-state index is 5.61. The molecule has 5 heteroatoms. The van der Waals surface area contributed by atoms with Gasteiger partial charge in [0, 0.05) is 50.7 Å². The topological polar surface area (TPSA) is 46.1 Å². The van der Waals surface area contributed by atoms with Crippen molar-refractivity contribution in [2.75, 3.05) is 52.6 Å². The summed E-state index contributed by atoms with van der Waals surface area (Å²) in [6.45, 7) is 9.80. The van der Waals surface area contributed by atoms with E-state index >= 15 is 0 Å². The number of hydrogen-bond acceptors (Lipinski definition) is 3. The summed E-state index contributed by atoms with van der Waals surface area (Å²) < 4.78 is 11.0. The highest BCUT2D eigenvalue weighted by molar-refractivity contribution is 5.80. The van der Waals surface area contributed by atoms with Crippen molar-refractivity contribution in [2.24, 2.45) is 16.3 Å². The standard InChI is InChI=1S/C15H27N3O2/c1-2-16-14(17-9-13-3-7-19-10-13)18-6-4-15(11-18)5-8-20-12-15/h13H,2-12H2,1H3,(H,16,17). The number of nitrogens with zero attached hydrogens (tertiary/aromatic N) is 2. The highest BCUT2D eigenvalue weighted by atomic mass is 16.5. The van der Waals surface area contributed by atoms with Crippen LogP contribution in [0.25, 0.3) is 0 Å². The van der Waals surface area contributed by atoms with Gasteiger partial charge in [0.2, 0.25) is 0 Å². The molecule has 1 N–H and O–H groups in total.